The molecule has 0 saturated carbocycles. The minimum absolute atomic E-state index is 0.188. The molecular formula is C18H27O3-. The molecular weight excluding hydrogens is 264 g/mol. The van der Waals surface area contributed by atoms with Crippen LogP contribution in [0.4, 0.5) is 0 Å². The summed E-state index contributed by atoms with van der Waals surface area (Å²) in [5, 5.41) is 10.2. The SMILES string of the molecule is CC/C=C\C=C\O/C=C/C=C\CCCCCCCC(=O)[O-]. The van der Waals surface area contributed by atoms with Gasteiger partial charge in [-0.3, -0.25) is 0 Å². The molecule has 0 radical (unpaired) electrons. The number of carboxylic acid groups (broad SMARTS) is 1. The van der Waals surface area contributed by atoms with E-state index in [1.807, 2.05) is 24.3 Å². The lowest BCUT2D eigenvalue weighted by Crippen LogP contribution is -2.21. The second-order valence-electron chi connectivity index (χ2n) is 4.74. The highest BCUT2D eigenvalue weighted by molar-refractivity contribution is 5.63. The zero-order valence-electron chi connectivity index (χ0n) is 13.0. The third-order valence-corrected chi connectivity index (χ3v) is 2.80. The van der Waals surface area contributed by atoms with Crippen molar-refractivity contribution in [1.82, 2.24) is 0 Å². The average Bonchev–Trinajstić information content (AvgIpc) is 2.46. The van der Waals surface area contributed by atoms with Gasteiger partial charge in [0.1, 0.15) is 0 Å². The van der Waals surface area contributed by atoms with E-state index >= 15 is 0 Å². The van der Waals surface area contributed by atoms with E-state index in [0.29, 0.717) is 0 Å². The normalized spacial score (nSPS) is 12.2. The van der Waals surface area contributed by atoms with Crippen LogP contribution in [0.5, 0.6) is 0 Å². The van der Waals surface area contributed by atoms with Crippen molar-refractivity contribution >= 4 is 5.97 Å². The minimum Gasteiger partial charge on any atom is -0.550 e. The molecule has 3 nitrogen and oxygen atoms in total. The molecule has 0 rings (SSSR count). The smallest absolute Gasteiger partial charge is 0.0901 e. The molecule has 0 aromatic heterocycles. The molecule has 0 fully saturated rings. The van der Waals surface area contributed by atoms with E-state index in [9.17, 15) is 9.90 Å². The van der Waals surface area contributed by atoms with E-state index in [1.54, 1.807) is 12.5 Å². The van der Waals surface area contributed by atoms with Crippen LogP contribution in [-0.2, 0) is 9.53 Å². The number of hydrogen-bond acceptors (Lipinski definition) is 3. The Kier molecular flexibility index (Phi) is 14.9. The largest absolute Gasteiger partial charge is 0.550 e. The summed E-state index contributed by atoms with van der Waals surface area (Å²) in [5.41, 5.74) is 0. The van der Waals surface area contributed by atoms with Crippen LogP contribution in [0.3, 0.4) is 0 Å². The van der Waals surface area contributed by atoms with Gasteiger partial charge < -0.3 is 14.6 Å². The van der Waals surface area contributed by atoms with Gasteiger partial charge in [0, 0.05) is 5.97 Å². The quantitative estimate of drug-likeness (QED) is 0.292. The lowest BCUT2D eigenvalue weighted by molar-refractivity contribution is -0.305. The predicted octanol–water partition coefficient (Wildman–Crippen LogP) is 4.03. The van der Waals surface area contributed by atoms with Gasteiger partial charge in [0.05, 0.1) is 12.5 Å². The lowest BCUT2D eigenvalue weighted by Gasteiger charge is -2.01. The van der Waals surface area contributed by atoms with Crippen LogP contribution >= 0.6 is 0 Å². The molecule has 0 aliphatic rings. The topological polar surface area (TPSA) is 49.4 Å². The molecule has 3 heteroatoms. The molecule has 0 spiro atoms. The summed E-state index contributed by atoms with van der Waals surface area (Å²) in [6.07, 6.45) is 22.5. The number of allylic oxidation sites excluding steroid dienone is 6. The number of aliphatic carboxylic acids is 1. The maximum Gasteiger partial charge on any atom is 0.0901 e. The number of hydrogen-bond donors (Lipinski definition) is 0. The molecule has 0 amide bonds. The Hall–Kier alpha value is -1.77. The Morgan fingerprint density at radius 1 is 0.905 bits per heavy atom. The van der Waals surface area contributed by atoms with Crippen LogP contribution < -0.4 is 5.11 Å². The number of rotatable bonds is 13. The van der Waals surface area contributed by atoms with E-state index < -0.39 is 5.97 Å². The van der Waals surface area contributed by atoms with Gasteiger partial charge in [-0.25, -0.2) is 0 Å². The van der Waals surface area contributed by atoms with E-state index in [1.165, 1.54) is 0 Å². The summed E-state index contributed by atoms with van der Waals surface area (Å²) in [7, 11) is 0. The first-order valence-electron chi connectivity index (χ1n) is 7.76. The van der Waals surface area contributed by atoms with Gasteiger partial charge in [-0.05, 0) is 44.3 Å². The van der Waals surface area contributed by atoms with Gasteiger partial charge >= 0.3 is 0 Å². The van der Waals surface area contributed by atoms with Crippen molar-refractivity contribution in [3.8, 4) is 0 Å². The van der Waals surface area contributed by atoms with Crippen LogP contribution in [0.15, 0.2) is 49.0 Å². The van der Waals surface area contributed by atoms with Gasteiger partial charge in [-0.2, -0.15) is 0 Å². The van der Waals surface area contributed by atoms with Crippen molar-refractivity contribution in [2.45, 2.75) is 58.3 Å². The van der Waals surface area contributed by atoms with Gasteiger partial charge in [-0.15, -0.1) is 0 Å². The molecule has 0 unspecified atom stereocenters. The number of ether oxygens (including phenoxy) is 1. The molecule has 0 aliphatic heterocycles. The monoisotopic (exact) mass is 291 g/mol. The molecule has 0 bridgehead atoms. The molecule has 21 heavy (non-hydrogen) atoms. The summed E-state index contributed by atoms with van der Waals surface area (Å²) >= 11 is 0. The summed E-state index contributed by atoms with van der Waals surface area (Å²) in [6.45, 7) is 2.09. The Morgan fingerprint density at radius 2 is 1.52 bits per heavy atom. The van der Waals surface area contributed by atoms with Crippen molar-refractivity contribution in [2.24, 2.45) is 0 Å². The molecule has 0 N–H and O–H groups in total. The van der Waals surface area contributed by atoms with Gasteiger partial charge in [0.15, 0.2) is 0 Å². The molecule has 0 saturated heterocycles. The van der Waals surface area contributed by atoms with Crippen LogP contribution in [0.2, 0.25) is 0 Å². The van der Waals surface area contributed by atoms with Crippen molar-refractivity contribution in [2.75, 3.05) is 0 Å². The summed E-state index contributed by atoms with van der Waals surface area (Å²) in [4.78, 5) is 10.2. The molecule has 0 atom stereocenters. The maximum atomic E-state index is 10.2. The van der Waals surface area contributed by atoms with Crippen molar-refractivity contribution in [1.29, 1.82) is 0 Å². The average molecular weight is 291 g/mol. The van der Waals surface area contributed by atoms with Crippen LogP contribution in [0.1, 0.15) is 58.3 Å². The number of carbonyl (C=O) groups is 1. The van der Waals surface area contributed by atoms with E-state index in [4.69, 9.17) is 4.74 Å². The van der Waals surface area contributed by atoms with E-state index in [0.717, 1.165) is 44.9 Å². The number of carboxylic acids is 1. The first kappa shape index (κ1) is 19.2. The highest BCUT2D eigenvalue weighted by Crippen LogP contribution is 2.07. The first-order chi connectivity index (χ1) is 10.3. The van der Waals surface area contributed by atoms with Crippen molar-refractivity contribution in [3.63, 3.8) is 0 Å². The first-order valence-corrected chi connectivity index (χ1v) is 7.76. The summed E-state index contributed by atoms with van der Waals surface area (Å²) in [5.74, 6) is -0.942. The summed E-state index contributed by atoms with van der Waals surface area (Å²) in [6, 6.07) is 0. The molecule has 118 valence electrons. The number of unbranched alkanes of at least 4 members (excludes halogenated alkanes) is 5. The van der Waals surface area contributed by atoms with Crippen LogP contribution in [-0.4, -0.2) is 5.97 Å². The highest BCUT2D eigenvalue weighted by Gasteiger charge is 1.90. The fraction of sp³-hybridized carbons (Fsp3) is 0.500. The number of carbonyl (C=O) groups excluding carboxylic acids is 1. The fourth-order valence-electron chi connectivity index (χ4n) is 1.68. The highest BCUT2D eigenvalue weighted by atomic mass is 16.5. The lowest BCUT2D eigenvalue weighted by atomic mass is 10.1. The van der Waals surface area contributed by atoms with Crippen LogP contribution in [0, 0.1) is 0 Å². The van der Waals surface area contributed by atoms with Crippen LogP contribution in [0.25, 0.3) is 0 Å². The van der Waals surface area contributed by atoms with Gasteiger partial charge in [0.2, 0.25) is 0 Å². The van der Waals surface area contributed by atoms with E-state index in [2.05, 4.69) is 19.1 Å². The Balaban J connectivity index is 3.34. The predicted molar refractivity (Wildman–Crippen MR) is 85.3 cm³/mol. The summed E-state index contributed by atoms with van der Waals surface area (Å²) < 4.78 is 5.15. The third kappa shape index (κ3) is 18.2. The zero-order valence-corrected chi connectivity index (χ0v) is 13.0. The second-order valence-corrected chi connectivity index (χ2v) is 4.74. The standard InChI is InChI=1S/C18H28O3/c1-2-3-4-13-16-21-17-14-11-9-7-5-6-8-10-12-15-18(19)20/h3-4,9,11,13-14,16-17H,2,5-8,10,12,15H2,1H3,(H,19,20)/p-1/b4-3-,11-9-,16-13+,17-14+. The Labute approximate surface area is 128 Å². The van der Waals surface area contributed by atoms with Gasteiger partial charge in [-0.1, -0.05) is 50.5 Å². The van der Waals surface area contributed by atoms with Crippen molar-refractivity contribution in [3.05, 3.63) is 49.0 Å². The molecule has 0 aromatic rings. The Bertz CT molecular complexity index is 351. The third-order valence-electron chi connectivity index (χ3n) is 2.80. The van der Waals surface area contributed by atoms with E-state index in [-0.39, 0.29) is 6.42 Å². The molecule has 0 heterocycles. The fourth-order valence-corrected chi connectivity index (χ4v) is 1.68. The zero-order chi connectivity index (χ0) is 15.6. The molecule has 0 aromatic carbocycles. The maximum absolute atomic E-state index is 10.2. The van der Waals surface area contributed by atoms with Gasteiger partial charge in [0.25, 0.3) is 0 Å². The molecule has 0 aliphatic carbocycles. The Morgan fingerprint density at radius 3 is 2.19 bits per heavy atom. The van der Waals surface area contributed by atoms with Crippen molar-refractivity contribution < 1.29 is 14.6 Å². The minimum atomic E-state index is -0.942. The second kappa shape index (κ2) is 16.3.